The van der Waals surface area contributed by atoms with Crippen LogP contribution in [0.4, 0.5) is 24.7 Å². The van der Waals surface area contributed by atoms with Crippen LogP contribution in [-0.4, -0.2) is 27.4 Å². The number of methoxy groups -OCH3 is 1. The van der Waals surface area contributed by atoms with Crippen LogP contribution in [-0.2, 0) is 17.5 Å². The lowest BCUT2D eigenvalue weighted by atomic mass is 10.1. The lowest BCUT2D eigenvalue weighted by Gasteiger charge is -2.11. The van der Waals surface area contributed by atoms with Crippen molar-refractivity contribution in [1.29, 1.82) is 0 Å². The molecule has 0 radical (unpaired) electrons. The average molecular weight is 365 g/mol. The Morgan fingerprint density at radius 1 is 1.35 bits per heavy atom. The predicted octanol–water partition coefficient (Wildman–Crippen LogP) is 2.73. The van der Waals surface area contributed by atoms with Crippen LogP contribution in [0.1, 0.15) is 21.6 Å². The maximum absolute atomic E-state index is 12.9. The van der Waals surface area contributed by atoms with Crippen LogP contribution in [0.5, 0.6) is 0 Å². The number of hydrogen-bond donors (Lipinski definition) is 2. The first kappa shape index (κ1) is 17.5. The number of ether oxygens (including phenoxy) is 1. The summed E-state index contributed by atoms with van der Waals surface area (Å²) in [5.41, 5.74) is 5.51. The second-order valence-electron chi connectivity index (χ2n) is 5.44. The van der Waals surface area contributed by atoms with Gasteiger partial charge in [0.05, 0.1) is 12.7 Å². The molecule has 0 aliphatic rings. The first-order chi connectivity index (χ1) is 12.3. The summed E-state index contributed by atoms with van der Waals surface area (Å²) in [6, 6.07) is 3.32. The molecule has 2 heterocycles. The largest absolute Gasteiger partial charge is 0.464 e. The van der Waals surface area contributed by atoms with Crippen molar-refractivity contribution in [3.8, 4) is 0 Å². The average Bonchev–Trinajstić information content (AvgIpc) is 3.02. The number of rotatable bonds is 4. The van der Waals surface area contributed by atoms with Gasteiger partial charge in [0.15, 0.2) is 17.2 Å². The molecule has 3 aromatic rings. The lowest BCUT2D eigenvalue weighted by Crippen LogP contribution is -2.09. The second-order valence-corrected chi connectivity index (χ2v) is 5.44. The molecule has 0 spiro atoms. The molecule has 0 fully saturated rings. The van der Waals surface area contributed by atoms with Gasteiger partial charge in [0, 0.05) is 30.8 Å². The minimum Gasteiger partial charge on any atom is -0.464 e. The monoisotopic (exact) mass is 365 g/mol. The highest BCUT2D eigenvalue weighted by Crippen LogP contribution is 2.31. The Kier molecular flexibility index (Phi) is 4.41. The topological polar surface area (TPSA) is 94.5 Å². The number of nitrogens with one attached hydrogen (secondary N) is 1. The summed E-state index contributed by atoms with van der Waals surface area (Å²) in [5.74, 6) is -0.302. The van der Waals surface area contributed by atoms with E-state index in [1.165, 1.54) is 25.6 Å². The van der Waals surface area contributed by atoms with Gasteiger partial charge in [-0.15, -0.1) is 0 Å². The highest BCUT2D eigenvalue weighted by atomic mass is 19.4. The number of anilines is 2. The van der Waals surface area contributed by atoms with Crippen LogP contribution in [0, 0.1) is 0 Å². The maximum atomic E-state index is 12.9. The first-order valence-corrected chi connectivity index (χ1v) is 7.40. The van der Waals surface area contributed by atoms with Crippen molar-refractivity contribution in [1.82, 2.24) is 14.4 Å². The number of esters is 1. The molecule has 0 unspecified atom stereocenters. The SMILES string of the molecule is COC(=O)c1cn2ccnc(NCc3cc(N)cc(C(F)(F)F)c3)c2n1. The molecule has 10 heteroatoms. The molecule has 0 aliphatic heterocycles. The minimum absolute atomic E-state index is 0.0107. The normalized spacial score (nSPS) is 11.5. The van der Waals surface area contributed by atoms with Gasteiger partial charge < -0.3 is 20.2 Å². The summed E-state index contributed by atoms with van der Waals surface area (Å²) in [5, 5.41) is 2.91. The fourth-order valence-electron chi connectivity index (χ4n) is 2.42. The Morgan fingerprint density at radius 2 is 2.12 bits per heavy atom. The Bertz CT molecular complexity index is 968. The van der Waals surface area contributed by atoms with Crippen molar-refractivity contribution in [3.05, 3.63) is 53.6 Å². The van der Waals surface area contributed by atoms with Crippen molar-refractivity contribution in [2.24, 2.45) is 0 Å². The molecule has 0 atom stereocenters. The van der Waals surface area contributed by atoms with E-state index in [0.717, 1.165) is 12.1 Å². The van der Waals surface area contributed by atoms with Gasteiger partial charge >= 0.3 is 12.1 Å². The summed E-state index contributed by atoms with van der Waals surface area (Å²) in [4.78, 5) is 19.8. The fraction of sp³-hybridized carbons (Fsp3) is 0.188. The maximum Gasteiger partial charge on any atom is 0.416 e. The zero-order valence-corrected chi connectivity index (χ0v) is 13.5. The molecule has 3 N–H and O–H groups in total. The molecular formula is C16H14F3N5O2. The van der Waals surface area contributed by atoms with Crippen LogP contribution < -0.4 is 11.1 Å². The molecule has 2 aromatic heterocycles. The van der Waals surface area contributed by atoms with Crippen molar-refractivity contribution in [2.75, 3.05) is 18.2 Å². The van der Waals surface area contributed by atoms with E-state index in [1.54, 1.807) is 10.6 Å². The highest BCUT2D eigenvalue weighted by Gasteiger charge is 2.31. The quantitative estimate of drug-likeness (QED) is 0.545. The summed E-state index contributed by atoms with van der Waals surface area (Å²) in [6.45, 7) is 0.0429. The number of carbonyl (C=O) groups is 1. The van der Waals surface area contributed by atoms with E-state index < -0.39 is 17.7 Å². The van der Waals surface area contributed by atoms with Crippen molar-refractivity contribution >= 4 is 23.1 Å². The summed E-state index contributed by atoms with van der Waals surface area (Å²) in [6.07, 6.45) is 0.0397. The number of aromatic nitrogens is 3. The molecule has 0 saturated heterocycles. The summed E-state index contributed by atoms with van der Waals surface area (Å²) in [7, 11) is 1.24. The van der Waals surface area contributed by atoms with Crippen LogP contribution >= 0.6 is 0 Å². The van der Waals surface area contributed by atoms with Crippen LogP contribution in [0.15, 0.2) is 36.8 Å². The third-order valence-corrected chi connectivity index (χ3v) is 3.57. The third-order valence-electron chi connectivity index (χ3n) is 3.57. The number of hydrogen-bond acceptors (Lipinski definition) is 6. The van der Waals surface area contributed by atoms with Gasteiger partial charge in [0.2, 0.25) is 0 Å². The number of imidazole rings is 1. The van der Waals surface area contributed by atoms with Gasteiger partial charge in [-0.3, -0.25) is 0 Å². The van der Waals surface area contributed by atoms with E-state index >= 15 is 0 Å². The molecular weight excluding hydrogens is 351 g/mol. The Morgan fingerprint density at radius 3 is 2.81 bits per heavy atom. The molecule has 136 valence electrons. The van der Waals surface area contributed by atoms with E-state index in [9.17, 15) is 18.0 Å². The van der Waals surface area contributed by atoms with Gasteiger partial charge in [0.1, 0.15) is 0 Å². The fourth-order valence-corrected chi connectivity index (χ4v) is 2.42. The Balaban J connectivity index is 1.87. The van der Waals surface area contributed by atoms with Crippen LogP contribution in [0.3, 0.4) is 0 Å². The Hall–Kier alpha value is -3.30. The van der Waals surface area contributed by atoms with E-state index in [4.69, 9.17) is 5.73 Å². The van der Waals surface area contributed by atoms with Crippen molar-refractivity contribution in [3.63, 3.8) is 0 Å². The van der Waals surface area contributed by atoms with E-state index in [1.807, 2.05) is 0 Å². The number of carbonyl (C=O) groups excluding carboxylic acids is 1. The van der Waals surface area contributed by atoms with Gasteiger partial charge in [0.25, 0.3) is 0 Å². The number of nitrogen functional groups attached to an aromatic ring is 1. The Labute approximate surface area is 145 Å². The molecule has 0 bridgehead atoms. The lowest BCUT2D eigenvalue weighted by molar-refractivity contribution is -0.137. The number of benzene rings is 1. The third kappa shape index (κ3) is 3.53. The minimum atomic E-state index is -4.49. The van der Waals surface area contributed by atoms with E-state index in [2.05, 4.69) is 20.0 Å². The number of alkyl halides is 3. The van der Waals surface area contributed by atoms with Crippen LogP contribution in [0.2, 0.25) is 0 Å². The molecule has 0 saturated carbocycles. The zero-order chi connectivity index (χ0) is 18.9. The zero-order valence-electron chi connectivity index (χ0n) is 13.5. The molecule has 0 aliphatic carbocycles. The van der Waals surface area contributed by atoms with E-state index in [0.29, 0.717) is 17.0 Å². The van der Waals surface area contributed by atoms with Gasteiger partial charge in [-0.05, 0) is 23.8 Å². The van der Waals surface area contributed by atoms with E-state index in [-0.39, 0.29) is 17.9 Å². The number of nitrogens with two attached hydrogens (primary N) is 1. The standard InChI is InChI=1S/C16H14F3N5O2/c1-26-15(25)12-8-24-3-2-21-13(14(24)23-12)22-7-9-4-10(16(17,18)19)6-11(20)5-9/h2-6,8H,7,20H2,1H3,(H,21,22). The number of nitrogens with zero attached hydrogens (tertiary/aromatic N) is 3. The van der Waals surface area contributed by atoms with Crippen LogP contribution in [0.25, 0.3) is 5.65 Å². The molecule has 3 rings (SSSR count). The van der Waals surface area contributed by atoms with Crippen molar-refractivity contribution in [2.45, 2.75) is 12.7 Å². The smallest absolute Gasteiger partial charge is 0.416 e. The van der Waals surface area contributed by atoms with Crippen molar-refractivity contribution < 1.29 is 22.7 Å². The van der Waals surface area contributed by atoms with Gasteiger partial charge in [-0.1, -0.05) is 0 Å². The molecule has 7 nitrogen and oxygen atoms in total. The number of fused-ring (bicyclic) bond motifs is 1. The first-order valence-electron chi connectivity index (χ1n) is 7.40. The van der Waals surface area contributed by atoms with Gasteiger partial charge in [-0.25, -0.2) is 14.8 Å². The predicted molar refractivity (Wildman–Crippen MR) is 87.5 cm³/mol. The second kappa shape index (κ2) is 6.54. The molecule has 1 aromatic carbocycles. The molecule has 0 amide bonds. The molecule has 26 heavy (non-hydrogen) atoms. The summed E-state index contributed by atoms with van der Waals surface area (Å²) < 4.78 is 44.8. The number of halogens is 3. The summed E-state index contributed by atoms with van der Waals surface area (Å²) >= 11 is 0. The highest BCUT2D eigenvalue weighted by molar-refractivity contribution is 5.88. The van der Waals surface area contributed by atoms with Gasteiger partial charge in [-0.2, -0.15) is 13.2 Å².